The average Bonchev–Trinajstić information content (AvgIpc) is 2.53. The van der Waals surface area contributed by atoms with Crippen molar-refractivity contribution in [3.8, 4) is 0 Å². The first-order valence-electron chi connectivity index (χ1n) is 7.05. The van der Waals surface area contributed by atoms with Crippen LogP contribution in [0.25, 0.3) is 0 Å². The summed E-state index contributed by atoms with van der Waals surface area (Å²) in [5.74, 6) is -0.221. The Bertz CT molecular complexity index is 525. The van der Waals surface area contributed by atoms with Crippen molar-refractivity contribution in [1.82, 2.24) is 15.1 Å². The number of hydrogen-bond donors (Lipinski definition) is 2. The molecule has 1 saturated heterocycles. The van der Waals surface area contributed by atoms with Crippen molar-refractivity contribution in [3.63, 3.8) is 0 Å². The Morgan fingerprint density at radius 1 is 1.57 bits per heavy atom. The third kappa shape index (κ3) is 3.68. The quantitative estimate of drug-likeness (QED) is 0.798. The number of amides is 1. The average molecular weight is 295 g/mol. The minimum absolute atomic E-state index is 0.0270. The van der Waals surface area contributed by atoms with Gasteiger partial charge in [-0.3, -0.25) is 9.59 Å². The lowest BCUT2D eigenvalue weighted by atomic mass is 9.78. The zero-order valence-electron chi connectivity index (χ0n) is 12.2. The standard InChI is InChI=1S/C14H21N3O4/c1-21-8-6-14(10-18)5-2-7-17(9-14)13(20)11-3-4-12(19)16-15-11/h3-4,18H,2,5-10H2,1H3,(H,16,19)/t14-/m1/s1. The number of aliphatic hydroxyl groups excluding tert-OH is 1. The molecule has 1 fully saturated rings. The van der Waals surface area contributed by atoms with Gasteiger partial charge in [0, 0.05) is 38.3 Å². The van der Waals surface area contributed by atoms with Crippen LogP contribution in [0, 0.1) is 5.41 Å². The summed E-state index contributed by atoms with van der Waals surface area (Å²) >= 11 is 0. The topological polar surface area (TPSA) is 95.5 Å². The highest BCUT2D eigenvalue weighted by Crippen LogP contribution is 2.33. The molecule has 0 bridgehead atoms. The predicted molar refractivity (Wildman–Crippen MR) is 76.0 cm³/mol. The molecule has 1 amide bonds. The molecule has 2 heterocycles. The number of aromatic nitrogens is 2. The van der Waals surface area contributed by atoms with E-state index in [4.69, 9.17) is 4.74 Å². The summed E-state index contributed by atoms with van der Waals surface area (Å²) < 4.78 is 5.10. The number of likely N-dealkylation sites (tertiary alicyclic amines) is 1. The molecule has 116 valence electrons. The highest BCUT2D eigenvalue weighted by Gasteiger charge is 2.36. The molecule has 2 N–H and O–H groups in total. The van der Waals surface area contributed by atoms with E-state index in [1.165, 1.54) is 12.1 Å². The number of nitrogens with one attached hydrogen (secondary N) is 1. The number of nitrogens with zero attached hydrogens (tertiary/aromatic N) is 2. The van der Waals surface area contributed by atoms with Gasteiger partial charge in [0.2, 0.25) is 0 Å². The number of rotatable bonds is 5. The predicted octanol–water partition coefficient (Wildman–Crippen LogP) is 0.0211. The van der Waals surface area contributed by atoms with Crippen LogP contribution in [-0.2, 0) is 4.74 Å². The Morgan fingerprint density at radius 2 is 2.38 bits per heavy atom. The van der Waals surface area contributed by atoms with Gasteiger partial charge in [0.1, 0.15) is 5.69 Å². The minimum Gasteiger partial charge on any atom is -0.396 e. The van der Waals surface area contributed by atoms with Crippen LogP contribution in [0.4, 0.5) is 0 Å². The molecule has 7 heteroatoms. The van der Waals surface area contributed by atoms with Crippen LogP contribution in [0.1, 0.15) is 29.8 Å². The van der Waals surface area contributed by atoms with Crippen LogP contribution < -0.4 is 5.56 Å². The SMILES string of the molecule is COCC[C@]1(CO)CCCN(C(=O)c2ccc(=O)[nH]n2)C1. The van der Waals surface area contributed by atoms with Crippen LogP contribution in [0.2, 0.25) is 0 Å². The second-order valence-corrected chi connectivity index (χ2v) is 5.54. The number of aliphatic hydroxyl groups is 1. The second-order valence-electron chi connectivity index (χ2n) is 5.54. The van der Waals surface area contributed by atoms with Crippen molar-refractivity contribution in [2.45, 2.75) is 19.3 Å². The van der Waals surface area contributed by atoms with E-state index in [1.54, 1.807) is 12.0 Å². The molecule has 1 aliphatic heterocycles. The van der Waals surface area contributed by atoms with Crippen LogP contribution in [0.5, 0.6) is 0 Å². The molecule has 0 spiro atoms. The molecule has 0 saturated carbocycles. The normalized spacial score (nSPS) is 22.3. The summed E-state index contributed by atoms with van der Waals surface area (Å²) in [6.07, 6.45) is 2.41. The largest absolute Gasteiger partial charge is 0.396 e. The number of piperidine rings is 1. The molecule has 7 nitrogen and oxygen atoms in total. The maximum Gasteiger partial charge on any atom is 0.274 e. The van der Waals surface area contributed by atoms with E-state index in [0.717, 1.165) is 12.8 Å². The first kappa shape index (κ1) is 15.7. The van der Waals surface area contributed by atoms with E-state index in [0.29, 0.717) is 26.1 Å². The lowest BCUT2D eigenvalue weighted by molar-refractivity contribution is 0.00868. The molecule has 21 heavy (non-hydrogen) atoms. The zero-order valence-corrected chi connectivity index (χ0v) is 12.2. The molecule has 0 aromatic carbocycles. The molecule has 0 aliphatic carbocycles. The van der Waals surface area contributed by atoms with Crippen molar-refractivity contribution < 1.29 is 14.6 Å². The minimum atomic E-state index is -0.338. The van der Waals surface area contributed by atoms with Gasteiger partial charge in [0.15, 0.2) is 0 Å². The molecular formula is C14H21N3O4. The second kappa shape index (κ2) is 6.82. The molecule has 1 atom stereocenters. The van der Waals surface area contributed by atoms with E-state index in [2.05, 4.69) is 10.2 Å². The van der Waals surface area contributed by atoms with E-state index in [-0.39, 0.29) is 29.2 Å². The highest BCUT2D eigenvalue weighted by atomic mass is 16.5. The smallest absolute Gasteiger partial charge is 0.274 e. The monoisotopic (exact) mass is 295 g/mol. The van der Waals surface area contributed by atoms with Crippen molar-refractivity contribution in [2.75, 3.05) is 33.4 Å². The first-order valence-corrected chi connectivity index (χ1v) is 7.05. The van der Waals surface area contributed by atoms with Crippen LogP contribution >= 0.6 is 0 Å². The molecule has 0 radical (unpaired) electrons. The Balaban J connectivity index is 2.10. The fourth-order valence-electron chi connectivity index (χ4n) is 2.74. The lowest BCUT2D eigenvalue weighted by Crippen LogP contribution is -2.48. The van der Waals surface area contributed by atoms with Gasteiger partial charge in [-0.2, -0.15) is 5.10 Å². The lowest BCUT2D eigenvalue weighted by Gasteiger charge is -2.41. The molecule has 1 aliphatic rings. The number of aromatic amines is 1. The van der Waals surface area contributed by atoms with Gasteiger partial charge in [-0.05, 0) is 25.3 Å². The summed E-state index contributed by atoms with van der Waals surface area (Å²) in [5, 5.41) is 15.8. The van der Waals surface area contributed by atoms with Crippen molar-refractivity contribution in [1.29, 1.82) is 0 Å². The fourth-order valence-corrected chi connectivity index (χ4v) is 2.74. The summed E-state index contributed by atoms with van der Waals surface area (Å²) in [4.78, 5) is 25.1. The maximum absolute atomic E-state index is 12.4. The van der Waals surface area contributed by atoms with E-state index >= 15 is 0 Å². The van der Waals surface area contributed by atoms with Gasteiger partial charge >= 0.3 is 0 Å². The number of carbonyl (C=O) groups is 1. The van der Waals surface area contributed by atoms with Crippen molar-refractivity contribution >= 4 is 5.91 Å². The van der Waals surface area contributed by atoms with E-state index < -0.39 is 0 Å². The number of ether oxygens (including phenoxy) is 1. The van der Waals surface area contributed by atoms with Crippen molar-refractivity contribution in [2.24, 2.45) is 5.41 Å². The van der Waals surface area contributed by atoms with Crippen LogP contribution in [0.3, 0.4) is 0 Å². The van der Waals surface area contributed by atoms with Gasteiger partial charge in [-0.15, -0.1) is 0 Å². The third-order valence-electron chi connectivity index (χ3n) is 4.02. The van der Waals surface area contributed by atoms with Gasteiger partial charge < -0.3 is 14.7 Å². The summed E-state index contributed by atoms with van der Waals surface area (Å²) in [6.45, 7) is 1.69. The molecule has 1 aromatic heterocycles. The summed E-state index contributed by atoms with van der Waals surface area (Å²) in [6, 6.07) is 2.71. The summed E-state index contributed by atoms with van der Waals surface area (Å²) in [5.41, 5.74) is -0.434. The Kier molecular flexibility index (Phi) is 5.08. The number of carbonyl (C=O) groups excluding carboxylic acids is 1. The van der Waals surface area contributed by atoms with E-state index in [9.17, 15) is 14.7 Å². The fraction of sp³-hybridized carbons (Fsp3) is 0.643. The Labute approximate surface area is 122 Å². The van der Waals surface area contributed by atoms with Gasteiger partial charge in [0.25, 0.3) is 11.5 Å². The maximum atomic E-state index is 12.4. The number of hydrogen-bond acceptors (Lipinski definition) is 5. The van der Waals surface area contributed by atoms with Gasteiger partial charge in [0.05, 0.1) is 6.61 Å². The molecular weight excluding hydrogens is 274 g/mol. The van der Waals surface area contributed by atoms with Crippen molar-refractivity contribution in [3.05, 3.63) is 28.2 Å². The zero-order chi connectivity index (χ0) is 15.3. The number of H-pyrrole nitrogens is 1. The first-order chi connectivity index (χ1) is 10.1. The molecule has 2 rings (SSSR count). The van der Waals surface area contributed by atoms with E-state index in [1.807, 2.05) is 0 Å². The van der Waals surface area contributed by atoms with Gasteiger partial charge in [-0.25, -0.2) is 5.10 Å². The van der Waals surface area contributed by atoms with Crippen LogP contribution in [0.15, 0.2) is 16.9 Å². The molecule has 1 aromatic rings. The third-order valence-corrected chi connectivity index (χ3v) is 4.02. The Morgan fingerprint density at radius 3 is 3.00 bits per heavy atom. The molecule has 0 unspecified atom stereocenters. The Hall–Kier alpha value is -1.73. The highest BCUT2D eigenvalue weighted by molar-refractivity contribution is 5.92. The number of methoxy groups -OCH3 is 1. The van der Waals surface area contributed by atoms with Crippen LogP contribution in [-0.4, -0.2) is 59.5 Å². The summed E-state index contributed by atoms with van der Waals surface area (Å²) in [7, 11) is 1.63. The van der Waals surface area contributed by atoms with Gasteiger partial charge in [-0.1, -0.05) is 0 Å².